The van der Waals surface area contributed by atoms with Crippen molar-refractivity contribution in [3.63, 3.8) is 0 Å². The number of nitrogens with zero attached hydrogens (tertiary/aromatic N) is 2. The van der Waals surface area contributed by atoms with Crippen LogP contribution in [0, 0.1) is 6.92 Å². The van der Waals surface area contributed by atoms with Crippen LogP contribution in [0.1, 0.15) is 10.7 Å². The third-order valence-electron chi connectivity index (χ3n) is 3.88. The standard InChI is InChI=1S/C18H14N4O2S/c1-10-19-14-7-6-11(8-16(14)25-10)20-17(23)9-15-12-4-2-3-5-13(12)18(24)22-21-15/h2-8H,9H2,1H3,(H,20,23)(H,22,24). The smallest absolute Gasteiger partial charge is 0.272 e. The molecule has 2 heterocycles. The molecule has 6 nitrogen and oxygen atoms in total. The quantitative estimate of drug-likeness (QED) is 0.594. The van der Waals surface area contributed by atoms with Crippen molar-refractivity contribution in [1.29, 1.82) is 0 Å². The summed E-state index contributed by atoms with van der Waals surface area (Å²) in [5, 5.41) is 11.6. The van der Waals surface area contributed by atoms with E-state index in [-0.39, 0.29) is 17.9 Å². The Morgan fingerprint density at radius 2 is 2.00 bits per heavy atom. The van der Waals surface area contributed by atoms with Gasteiger partial charge in [0.05, 0.1) is 32.7 Å². The van der Waals surface area contributed by atoms with Crippen molar-refractivity contribution in [2.75, 3.05) is 5.32 Å². The Hall–Kier alpha value is -3.06. The SMILES string of the molecule is Cc1nc2ccc(NC(=O)Cc3n[nH]c(=O)c4ccccc34)cc2s1. The highest BCUT2D eigenvalue weighted by atomic mass is 32.1. The third kappa shape index (κ3) is 3.01. The van der Waals surface area contributed by atoms with E-state index >= 15 is 0 Å². The number of aromatic nitrogens is 3. The minimum Gasteiger partial charge on any atom is -0.326 e. The maximum atomic E-state index is 12.4. The Kier molecular flexibility index (Phi) is 3.77. The van der Waals surface area contributed by atoms with Crippen LogP contribution in [0.15, 0.2) is 47.3 Å². The van der Waals surface area contributed by atoms with Gasteiger partial charge in [-0.3, -0.25) is 9.59 Å². The molecule has 0 fully saturated rings. The maximum absolute atomic E-state index is 12.4. The molecule has 4 rings (SSSR count). The number of aromatic amines is 1. The second-order valence-electron chi connectivity index (χ2n) is 5.69. The summed E-state index contributed by atoms with van der Waals surface area (Å²) in [4.78, 5) is 28.6. The van der Waals surface area contributed by atoms with E-state index in [4.69, 9.17) is 0 Å². The second kappa shape index (κ2) is 6.10. The first-order chi connectivity index (χ1) is 12.1. The summed E-state index contributed by atoms with van der Waals surface area (Å²) < 4.78 is 1.03. The molecule has 7 heteroatoms. The van der Waals surface area contributed by atoms with Gasteiger partial charge in [-0.15, -0.1) is 11.3 Å². The van der Waals surface area contributed by atoms with Crippen LogP contribution in [0.4, 0.5) is 5.69 Å². The molecule has 0 saturated heterocycles. The van der Waals surface area contributed by atoms with E-state index in [1.165, 1.54) is 0 Å². The average Bonchev–Trinajstić information content (AvgIpc) is 2.97. The summed E-state index contributed by atoms with van der Waals surface area (Å²) in [6, 6.07) is 12.8. The largest absolute Gasteiger partial charge is 0.326 e. The fraction of sp³-hybridized carbons (Fsp3) is 0.111. The molecule has 0 saturated carbocycles. The highest BCUT2D eigenvalue weighted by Crippen LogP contribution is 2.25. The normalized spacial score (nSPS) is 11.1. The minimum atomic E-state index is -0.259. The molecule has 2 aromatic heterocycles. The summed E-state index contributed by atoms with van der Waals surface area (Å²) >= 11 is 1.59. The molecule has 0 unspecified atom stereocenters. The van der Waals surface area contributed by atoms with Gasteiger partial charge in [0.25, 0.3) is 5.56 Å². The van der Waals surface area contributed by atoms with Crippen molar-refractivity contribution < 1.29 is 4.79 Å². The van der Waals surface area contributed by atoms with Crippen molar-refractivity contribution in [2.24, 2.45) is 0 Å². The van der Waals surface area contributed by atoms with E-state index in [2.05, 4.69) is 20.5 Å². The molecule has 0 aliphatic heterocycles. The molecule has 0 bridgehead atoms. The number of benzene rings is 2. The number of fused-ring (bicyclic) bond motifs is 2. The van der Waals surface area contributed by atoms with Crippen LogP contribution in [0.5, 0.6) is 0 Å². The van der Waals surface area contributed by atoms with E-state index in [0.29, 0.717) is 16.5 Å². The highest BCUT2D eigenvalue weighted by molar-refractivity contribution is 7.18. The number of hydrogen-bond donors (Lipinski definition) is 2. The molecule has 0 spiro atoms. The zero-order valence-electron chi connectivity index (χ0n) is 13.4. The van der Waals surface area contributed by atoms with Gasteiger partial charge in [0.1, 0.15) is 0 Å². The number of nitrogens with one attached hydrogen (secondary N) is 2. The topological polar surface area (TPSA) is 87.7 Å². The van der Waals surface area contributed by atoms with Gasteiger partial charge in [0.15, 0.2) is 0 Å². The molecule has 0 aliphatic rings. The third-order valence-corrected chi connectivity index (χ3v) is 4.82. The fourth-order valence-electron chi connectivity index (χ4n) is 2.78. The molecule has 124 valence electrons. The monoisotopic (exact) mass is 350 g/mol. The first-order valence-electron chi connectivity index (χ1n) is 7.73. The number of H-pyrrole nitrogens is 1. The van der Waals surface area contributed by atoms with Crippen LogP contribution in [-0.2, 0) is 11.2 Å². The molecule has 2 N–H and O–H groups in total. The number of aryl methyl sites for hydroxylation is 1. The molecule has 0 atom stereocenters. The van der Waals surface area contributed by atoms with Crippen molar-refractivity contribution in [3.8, 4) is 0 Å². The lowest BCUT2D eigenvalue weighted by molar-refractivity contribution is -0.115. The van der Waals surface area contributed by atoms with Crippen LogP contribution in [0.25, 0.3) is 21.0 Å². The molecule has 25 heavy (non-hydrogen) atoms. The molecular weight excluding hydrogens is 336 g/mol. The summed E-state index contributed by atoms with van der Waals surface area (Å²) in [6.45, 7) is 1.95. The van der Waals surface area contributed by atoms with E-state index in [1.807, 2.05) is 31.2 Å². The van der Waals surface area contributed by atoms with Crippen molar-refractivity contribution in [3.05, 3.63) is 63.5 Å². The summed E-state index contributed by atoms with van der Waals surface area (Å²) in [6.07, 6.45) is 0.0804. The zero-order chi connectivity index (χ0) is 17.4. The molecule has 4 aromatic rings. The van der Waals surface area contributed by atoms with E-state index in [0.717, 1.165) is 20.9 Å². The number of rotatable bonds is 3. The lowest BCUT2D eigenvalue weighted by atomic mass is 10.1. The van der Waals surface area contributed by atoms with Gasteiger partial charge >= 0.3 is 0 Å². The first-order valence-corrected chi connectivity index (χ1v) is 8.55. The molecular formula is C18H14N4O2S. The van der Waals surface area contributed by atoms with Gasteiger partial charge in [-0.25, -0.2) is 10.1 Å². The average molecular weight is 350 g/mol. The maximum Gasteiger partial charge on any atom is 0.272 e. The Morgan fingerprint density at radius 3 is 2.84 bits per heavy atom. The van der Waals surface area contributed by atoms with Gasteiger partial charge in [0, 0.05) is 11.1 Å². The fourth-order valence-corrected chi connectivity index (χ4v) is 3.65. The van der Waals surface area contributed by atoms with Crippen LogP contribution >= 0.6 is 11.3 Å². The summed E-state index contributed by atoms with van der Waals surface area (Å²) in [5.74, 6) is -0.190. The number of anilines is 1. The number of carbonyl (C=O) groups is 1. The second-order valence-corrected chi connectivity index (χ2v) is 6.92. The predicted octanol–water partition coefficient (Wildman–Crippen LogP) is 3.02. The van der Waals surface area contributed by atoms with Crippen molar-refractivity contribution in [1.82, 2.24) is 15.2 Å². The molecule has 0 radical (unpaired) electrons. The highest BCUT2D eigenvalue weighted by Gasteiger charge is 2.11. The van der Waals surface area contributed by atoms with Crippen LogP contribution < -0.4 is 10.9 Å². The summed E-state index contributed by atoms with van der Waals surface area (Å²) in [5.41, 5.74) is 1.93. The Labute approximate surface area is 146 Å². The number of carbonyl (C=O) groups excluding carboxylic acids is 1. The zero-order valence-corrected chi connectivity index (χ0v) is 14.2. The van der Waals surface area contributed by atoms with E-state index in [1.54, 1.807) is 29.5 Å². The van der Waals surface area contributed by atoms with Gasteiger partial charge in [-0.05, 0) is 31.2 Å². The summed E-state index contributed by atoms with van der Waals surface area (Å²) in [7, 11) is 0. The molecule has 0 aliphatic carbocycles. The van der Waals surface area contributed by atoms with Crippen molar-refractivity contribution in [2.45, 2.75) is 13.3 Å². The Bertz CT molecular complexity index is 1160. The van der Waals surface area contributed by atoms with Crippen LogP contribution in [0.3, 0.4) is 0 Å². The van der Waals surface area contributed by atoms with Gasteiger partial charge in [-0.2, -0.15) is 5.10 Å². The van der Waals surface area contributed by atoms with Gasteiger partial charge in [0.2, 0.25) is 5.91 Å². The molecule has 2 aromatic carbocycles. The van der Waals surface area contributed by atoms with Gasteiger partial charge in [-0.1, -0.05) is 18.2 Å². The molecule has 1 amide bonds. The minimum absolute atomic E-state index is 0.0804. The van der Waals surface area contributed by atoms with E-state index in [9.17, 15) is 9.59 Å². The van der Waals surface area contributed by atoms with E-state index < -0.39 is 0 Å². The Balaban J connectivity index is 1.59. The lowest BCUT2D eigenvalue weighted by Crippen LogP contribution is -2.18. The first kappa shape index (κ1) is 15.5. The van der Waals surface area contributed by atoms with Crippen molar-refractivity contribution >= 4 is 43.9 Å². The number of amides is 1. The van der Waals surface area contributed by atoms with Gasteiger partial charge < -0.3 is 5.32 Å². The van der Waals surface area contributed by atoms with Crippen LogP contribution in [-0.4, -0.2) is 21.1 Å². The predicted molar refractivity (Wildman–Crippen MR) is 99.1 cm³/mol. The lowest BCUT2D eigenvalue weighted by Gasteiger charge is -2.07. The number of thiazole rings is 1. The number of hydrogen-bond acceptors (Lipinski definition) is 5. The van der Waals surface area contributed by atoms with Crippen LogP contribution in [0.2, 0.25) is 0 Å². The Morgan fingerprint density at radius 1 is 1.20 bits per heavy atom.